The highest BCUT2D eigenvalue weighted by Crippen LogP contribution is 2.57. The van der Waals surface area contributed by atoms with Crippen molar-refractivity contribution in [1.82, 2.24) is 20.9 Å². The Morgan fingerprint density at radius 1 is 0.768 bits per heavy atom. The highest BCUT2D eigenvalue weighted by molar-refractivity contribution is 7.53. The minimum Gasteiger partial charge on any atom is -0.460 e. The number of benzene rings is 3. The predicted molar refractivity (Wildman–Crippen MR) is 263 cm³/mol. The summed E-state index contributed by atoms with van der Waals surface area (Å²) >= 11 is 0. The summed E-state index contributed by atoms with van der Waals surface area (Å²) in [5, 5.41) is 10.7. The van der Waals surface area contributed by atoms with Crippen molar-refractivity contribution < 1.29 is 56.6 Å². The van der Waals surface area contributed by atoms with E-state index in [-0.39, 0.29) is 64.7 Å². The Hall–Kier alpha value is -5.35. The maximum atomic E-state index is 14.7. The van der Waals surface area contributed by atoms with Gasteiger partial charge in [-0.1, -0.05) is 66.7 Å². The summed E-state index contributed by atoms with van der Waals surface area (Å²) in [6.07, 6.45) is -0.516. The molecule has 1 aliphatic rings. The number of fused-ring (bicyclic) bond motifs is 1. The topological polar surface area (TPSA) is 231 Å². The van der Waals surface area contributed by atoms with Crippen LogP contribution in [0, 0.1) is 5.92 Å². The van der Waals surface area contributed by atoms with E-state index in [2.05, 4.69) is 16.0 Å². The second kappa shape index (κ2) is 24.5. The second-order valence-corrected chi connectivity index (χ2v) is 22.5. The summed E-state index contributed by atoms with van der Waals surface area (Å²) in [4.78, 5) is 83.2. The van der Waals surface area contributed by atoms with E-state index in [1.165, 1.54) is 12.0 Å². The molecule has 18 heteroatoms. The van der Waals surface area contributed by atoms with Gasteiger partial charge in [-0.25, -0.2) is 4.79 Å². The van der Waals surface area contributed by atoms with Crippen molar-refractivity contribution in [3.8, 4) is 0 Å². The minimum atomic E-state index is -3.64. The molecular weight excluding hydrogens is 906 g/mol. The molecule has 380 valence electrons. The average molecular weight is 980 g/mol. The summed E-state index contributed by atoms with van der Waals surface area (Å²) in [5.74, 6) is -4.64. The number of nitrogens with one attached hydrogen (secondary N) is 3. The van der Waals surface area contributed by atoms with E-state index in [4.69, 9.17) is 29.0 Å². The van der Waals surface area contributed by atoms with Gasteiger partial charge in [-0.05, 0) is 122 Å². The normalized spacial score (nSPS) is 15.1. The van der Waals surface area contributed by atoms with Crippen molar-refractivity contribution in [2.75, 3.05) is 40.0 Å². The largest absolute Gasteiger partial charge is 0.460 e. The van der Waals surface area contributed by atoms with Gasteiger partial charge in [0.1, 0.15) is 23.8 Å². The maximum absolute atomic E-state index is 14.7. The van der Waals surface area contributed by atoms with Gasteiger partial charge >= 0.3 is 19.7 Å². The molecule has 0 unspecified atom stereocenters. The molecule has 3 aromatic carbocycles. The van der Waals surface area contributed by atoms with Gasteiger partial charge in [0, 0.05) is 26.7 Å². The molecule has 1 aliphatic heterocycles. The van der Waals surface area contributed by atoms with Crippen molar-refractivity contribution in [3.05, 3.63) is 83.4 Å². The molecular formula is C51H74N5O12P. The molecule has 0 spiro atoms. The van der Waals surface area contributed by atoms with Gasteiger partial charge in [-0.15, -0.1) is 0 Å². The molecule has 0 bridgehead atoms. The first-order valence-electron chi connectivity index (χ1n) is 23.6. The number of nitrogens with two attached hydrogens (primary N) is 1. The SMILES string of the molecule is COCCOC(=O)N1CCC(NC(=O)[C@@H](CC(=O)OC(C)(C)C)Cc2ccc(CP(=O)(OC(C)(C)C)OC(C)(C)C)cc2)(C(=O)N[C@@H](CC(N)=O)C(=O)NCCCc2cccc3ccccc23)CC1. The van der Waals surface area contributed by atoms with Crippen LogP contribution in [0.3, 0.4) is 0 Å². The van der Waals surface area contributed by atoms with E-state index >= 15 is 0 Å². The zero-order chi connectivity index (χ0) is 51.2. The lowest BCUT2D eigenvalue weighted by molar-refractivity contribution is -0.157. The summed E-state index contributed by atoms with van der Waals surface area (Å²) in [6, 6.07) is 19.7. The number of hydrogen-bond donors (Lipinski definition) is 4. The standard InChI is InChI=1S/C51H74N5O12P/c1-48(2,3)66-43(58)32-39(31-35-20-22-36(23-21-35)34-69(63,67-49(4,5)6)68-50(7,8)9)44(59)55-51(24-27-56(28-25-51)47(62)65-30-29-64-10)46(61)54-41(33-42(52)57)45(60)53-26-14-18-38-17-13-16-37-15-11-12-19-40(37)38/h11-13,15-17,19-23,39,41H,14,18,24-34H2,1-10H3,(H2,52,57)(H,53,60)(H,54,61)(H,55,59)/t39-,41+/m1/s1. The highest BCUT2D eigenvalue weighted by atomic mass is 31.2. The van der Waals surface area contributed by atoms with Gasteiger partial charge < -0.3 is 49.8 Å². The number of hydrogen-bond acceptors (Lipinski definition) is 12. The Bertz CT molecular complexity index is 2270. The van der Waals surface area contributed by atoms with Crippen LogP contribution < -0.4 is 21.7 Å². The molecule has 0 radical (unpaired) electrons. The first-order valence-corrected chi connectivity index (χ1v) is 25.3. The smallest absolute Gasteiger partial charge is 0.409 e. The number of rotatable bonds is 22. The van der Waals surface area contributed by atoms with Crippen LogP contribution in [0.15, 0.2) is 66.7 Å². The third-order valence-electron chi connectivity index (χ3n) is 10.9. The number of nitrogens with zero attached hydrogens (tertiary/aromatic N) is 1. The molecule has 5 N–H and O–H groups in total. The van der Waals surface area contributed by atoms with Crippen molar-refractivity contribution in [2.24, 2.45) is 11.7 Å². The lowest BCUT2D eigenvalue weighted by Gasteiger charge is -2.41. The Balaban J connectivity index is 1.59. The van der Waals surface area contributed by atoms with Crippen LogP contribution in [0.4, 0.5) is 4.79 Å². The molecule has 1 heterocycles. The van der Waals surface area contributed by atoms with Crippen LogP contribution in [0.5, 0.6) is 0 Å². The Morgan fingerprint density at radius 2 is 1.38 bits per heavy atom. The number of piperidine rings is 1. The van der Waals surface area contributed by atoms with Crippen LogP contribution in [-0.4, -0.2) is 109 Å². The van der Waals surface area contributed by atoms with Crippen LogP contribution >= 0.6 is 7.60 Å². The molecule has 0 aliphatic carbocycles. The van der Waals surface area contributed by atoms with Gasteiger partial charge in [-0.3, -0.25) is 28.5 Å². The van der Waals surface area contributed by atoms with Crippen molar-refractivity contribution in [1.29, 1.82) is 0 Å². The van der Waals surface area contributed by atoms with E-state index < -0.39 is 84.0 Å². The summed E-state index contributed by atoms with van der Waals surface area (Å²) in [7, 11) is -2.17. The first kappa shape index (κ1) is 56.2. The zero-order valence-electron chi connectivity index (χ0n) is 42.1. The van der Waals surface area contributed by atoms with E-state index in [0.717, 1.165) is 16.3 Å². The first-order chi connectivity index (χ1) is 32.2. The number of primary amides is 1. The van der Waals surface area contributed by atoms with Crippen LogP contribution in [0.25, 0.3) is 10.8 Å². The van der Waals surface area contributed by atoms with Crippen molar-refractivity contribution in [2.45, 2.75) is 142 Å². The third kappa shape index (κ3) is 18.8. The average Bonchev–Trinajstić information content (AvgIpc) is 3.23. The number of likely N-dealkylation sites (tertiary alicyclic amines) is 1. The Kier molecular flexibility index (Phi) is 19.9. The van der Waals surface area contributed by atoms with Gasteiger partial charge in [-0.2, -0.15) is 0 Å². The van der Waals surface area contributed by atoms with E-state index in [1.54, 1.807) is 86.6 Å². The van der Waals surface area contributed by atoms with Crippen LogP contribution in [0.1, 0.15) is 111 Å². The molecule has 4 rings (SSSR count). The minimum absolute atomic E-state index is 0.00206. The van der Waals surface area contributed by atoms with Crippen LogP contribution in [0.2, 0.25) is 0 Å². The molecule has 1 saturated heterocycles. The number of methoxy groups -OCH3 is 1. The van der Waals surface area contributed by atoms with Gasteiger partial charge in [0.05, 0.1) is 42.7 Å². The molecule has 5 amide bonds. The molecule has 0 aromatic heterocycles. The quantitative estimate of drug-likeness (QED) is 0.0458. The Morgan fingerprint density at radius 3 is 1.97 bits per heavy atom. The van der Waals surface area contributed by atoms with E-state index in [9.17, 15) is 33.3 Å². The number of carbonyl (C=O) groups is 6. The summed E-state index contributed by atoms with van der Waals surface area (Å²) in [5.41, 5.74) is 3.92. The van der Waals surface area contributed by atoms with Crippen molar-refractivity contribution >= 4 is 54.1 Å². The lowest BCUT2D eigenvalue weighted by Crippen LogP contribution is -2.66. The number of esters is 1. The molecule has 2 atom stereocenters. The number of ether oxygens (including phenoxy) is 3. The number of aryl methyl sites for hydroxylation is 1. The molecule has 3 aromatic rings. The summed E-state index contributed by atoms with van der Waals surface area (Å²) < 4.78 is 42.0. The molecule has 0 saturated carbocycles. The number of carbonyl (C=O) groups excluding carboxylic acids is 6. The fourth-order valence-corrected chi connectivity index (χ4v) is 10.5. The molecule has 69 heavy (non-hydrogen) atoms. The molecule has 17 nitrogen and oxygen atoms in total. The monoisotopic (exact) mass is 980 g/mol. The van der Waals surface area contributed by atoms with Gasteiger partial charge in [0.25, 0.3) is 0 Å². The fraction of sp³-hybridized carbons (Fsp3) is 0.569. The Labute approximate surface area is 407 Å². The second-order valence-electron chi connectivity index (χ2n) is 20.6. The van der Waals surface area contributed by atoms with E-state index in [0.29, 0.717) is 24.0 Å². The zero-order valence-corrected chi connectivity index (χ0v) is 43.0. The van der Waals surface area contributed by atoms with Gasteiger partial charge in [0.2, 0.25) is 23.6 Å². The highest BCUT2D eigenvalue weighted by Gasteiger charge is 2.46. The van der Waals surface area contributed by atoms with Gasteiger partial charge in [0.15, 0.2) is 0 Å². The molecule has 1 fully saturated rings. The van der Waals surface area contributed by atoms with Crippen molar-refractivity contribution in [3.63, 3.8) is 0 Å². The van der Waals surface area contributed by atoms with Crippen LogP contribution in [-0.2, 0) is 70.8 Å². The van der Waals surface area contributed by atoms with E-state index in [1.807, 2.05) is 42.5 Å². The third-order valence-corrected chi connectivity index (χ3v) is 13.3. The number of amides is 5. The fourth-order valence-electron chi connectivity index (χ4n) is 8.00. The maximum Gasteiger partial charge on any atom is 0.409 e. The lowest BCUT2D eigenvalue weighted by atomic mass is 9.84. The summed E-state index contributed by atoms with van der Waals surface area (Å²) in [6.45, 7) is 16.3. The predicted octanol–water partition coefficient (Wildman–Crippen LogP) is 6.90.